The molecule has 0 aliphatic rings. The van der Waals surface area contributed by atoms with Gasteiger partial charge in [0.1, 0.15) is 11.9 Å². The minimum atomic E-state index is 0.0600. The summed E-state index contributed by atoms with van der Waals surface area (Å²) in [5, 5.41) is 3.36. The maximum Gasteiger partial charge on any atom is 0.120 e. The average molecular weight is 283 g/mol. The van der Waals surface area contributed by atoms with Crippen molar-refractivity contribution < 1.29 is 4.74 Å². The average Bonchev–Trinajstić information content (AvgIpc) is 2.50. The van der Waals surface area contributed by atoms with Gasteiger partial charge in [0.15, 0.2) is 0 Å². The van der Waals surface area contributed by atoms with Crippen molar-refractivity contribution in [3.05, 3.63) is 65.2 Å². The van der Waals surface area contributed by atoms with Gasteiger partial charge < -0.3 is 10.1 Å². The van der Waals surface area contributed by atoms with Crippen LogP contribution in [0.25, 0.3) is 0 Å². The van der Waals surface area contributed by atoms with Gasteiger partial charge in [-0.3, -0.25) is 0 Å². The maximum absolute atomic E-state index is 6.13. The highest BCUT2D eigenvalue weighted by atomic mass is 16.5. The molecule has 21 heavy (non-hydrogen) atoms. The highest BCUT2D eigenvalue weighted by molar-refractivity contribution is 5.30. The summed E-state index contributed by atoms with van der Waals surface area (Å²) in [6.45, 7) is 6.37. The summed E-state index contributed by atoms with van der Waals surface area (Å²) in [5.41, 5.74) is 3.83. The Balaban J connectivity index is 2.12. The highest BCUT2D eigenvalue weighted by Crippen LogP contribution is 2.23. The van der Waals surface area contributed by atoms with Gasteiger partial charge in [-0.15, -0.1) is 0 Å². The SMILES string of the molecule is CCc1cccc(OC(C)C(NC)c2ccc(C)cc2)c1. The molecule has 2 rings (SSSR count). The second-order valence-electron chi connectivity index (χ2n) is 5.50. The third-order valence-electron chi connectivity index (χ3n) is 3.85. The predicted octanol–water partition coefficient (Wildman–Crippen LogP) is 4.29. The molecule has 0 aromatic heterocycles. The molecular weight excluding hydrogens is 258 g/mol. The van der Waals surface area contributed by atoms with Crippen LogP contribution in [0.4, 0.5) is 0 Å². The van der Waals surface area contributed by atoms with Gasteiger partial charge in [0.05, 0.1) is 6.04 Å². The van der Waals surface area contributed by atoms with E-state index in [9.17, 15) is 0 Å². The largest absolute Gasteiger partial charge is 0.489 e. The standard InChI is InChI=1S/C19H25NO/c1-5-16-7-6-8-18(13-16)21-15(3)19(20-4)17-11-9-14(2)10-12-17/h6-13,15,19-20H,5H2,1-4H3. The molecule has 0 aliphatic carbocycles. The fourth-order valence-corrected chi connectivity index (χ4v) is 2.57. The lowest BCUT2D eigenvalue weighted by atomic mass is 10.0. The summed E-state index contributed by atoms with van der Waals surface area (Å²) in [7, 11) is 1.98. The van der Waals surface area contributed by atoms with Crippen LogP contribution in [-0.2, 0) is 6.42 Å². The lowest BCUT2D eigenvalue weighted by Crippen LogP contribution is -2.31. The number of nitrogens with one attached hydrogen (secondary N) is 1. The molecule has 1 N–H and O–H groups in total. The van der Waals surface area contributed by atoms with Crippen molar-refractivity contribution in [2.24, 2.45) is 0 Å². The molecule has 0 saturated carbocycles. The lowest BCUT2D eigenvalue weighted by Gasteiger charge is -2.25. The summed E-state index contributed by atoms with van der Waals surface area (Å²) in [6.07, 6.45) is 1.09. The van der Waals surface area contributed by atoms with Gasteiger partial charge in [0, 0.05) is 0 Å². The molecule has 2 unspecified atom stereocenters. The highest BCUT2D eigenvalue weighted by Gasteiger charge is 2.19. The Bertz CT molecular complexity index is 562. The number of likely N-dealkylation sites (N-methyl/N-ethyl adjacent to an activating group) is 1. The molecule has 2 aromatic carbocycles. The molecule has 0 spiro atoms. The van der Waals surface area contributed by atoms with Gasteiger partial charge in [0.25, 0.3) is 0 Å². The van der Waals surface area contributed by atoms with Crippen molar-refractivity contribution in [3.63, 3.8) is 0 Å². The van der Waals surface area contributed by atoms with Crippen molar-refractivity contribution in [1.82, 2.24) is 5.32 Å². The van der Waals surface area contributed by atoms with Crippen molar-refractivity contribution >= 4 is 0 Å². The molecule has 2 atom stereocenters. The Hall–Kier alpha value is -1.80. The number of ether oxygens (including phenoxy) is 1. The van der Waals surface area contributed by atoms with E-state index in [-0.39, 0.29) is 12.1 Å². The second-order valence-corrected chi connectivity index (χ2v) is 5.50. The summed E-state index contributed by atoms with van der Waals surface area (Å²) in [5.74, 6) is 0.939. The molecule has 2 nitrogen and oxygen atoms in total. The first-order chi connectivity index (χ1) is 10.1. The van der Waals surface area contributed by atoms with Crippen LogP contribution in [0, 0.1) is 6.92 Å². The van der Waals surface area contributed by atoms with Crippen LogP contribution < -0.4 is 10.1 Å². The van der Waals surface area contributed by atoms with Gasteiger partial charge in [-0.25, -0.2) is 0 Å². The zero-order valence-corrected chi connectivity index (χ0v) is 13.4. The van der Waals surface area contributed by atoms with Crippen LogP contribution in [0.3, 0.4) is 0 Å². The molecule has 2 heteroatoms. The van der Waals surface area contributed by atoms with Crippen LogP contribution in [-0.4, -0.2) is 13.2 Å². The van der Waals surface area contributed by atoms with Crippen molar-refractivity contribution in [1.29, 1.82) is 0 Å². The van der Waals surface area contributed by atoms with Crippen LogP contribution >= 0.6 is 0 Å². The fourth-order valence-electron chi connectivity index (χ4n) is 2.57. The Labute approximate surface area is 128 Å². The van der Waals surface area contributed by atoms with E-state index in [0.717, 1.165) is 12.2 Å². The Kier molecular flexibility index (Phi) is 5.40. The van der Waals surface area contributed by atoms with Crippen molar-refractivity contribution in [3.8, 4) is 5.75 Å². The third-order valence-corrected chi connectivity index (χ3v) is 3.85. The van der Waals surface area contributed by atoms with E-state index >= 15 is 0 Å². The summed E-state index contributed by atoms with van der Waals surface area (Å²) >= 11 is 0. The van der Waals surface area contributed by atoms with Crippen molar-refractivity contribution in [2.45, 2.75) is 39.3 Å². The monoisotopic (exact) mass is 283 g/mol. The van der Waals surface area contributed by atoms with Crippen LogP contribution in [0.1, 0.15) is 36.6 Å². The Morgan fingerprint density at radius 1 is 1.10 bits per heavy atom. The van der Waals surface area contributed by atoms with Gasteiger partial charge in [-0.2, -0.15) is 0 Å². The molecular formula is C19H25NO. The van der Waals surface area contributed by atoms with Crippen LogP contribution in [0.5, 0.6) is 5.75 Å². The minimum Gasteiger partial charge on any atom is -0.489 e. The molecule has 0 bridgehead atoms. The zero-order chi connectivity index (χ0) is 15.2. The summed E-state index contributed by atoms with van der Waals surface area (Å²) in [6, 6.07) is 17.1. The molecule has 0 heterocycles. The zero-order valence-electron chi connectivity index (χ0n) is 13.4. The number of rotatable bonds is 6. The predicted molar refractivity (Wildman–Crippen MR) is 88.9 cm³/mol. The normalized spacial score (nSPS) is 13.7. The molecule has 0 saturated heterocycles. The van der Waals surface area contributed by atoms with E-state index in [4.69, 9.17) is 4.74 Å². The molecule has 0 amide bonds. The Morgan fingerprint density at radius 2 is 1.81 bits per heavy atom. The number of benzene rings is 2. The van der Waals surface area contributed by atoms with Gasteiger partial charge in [-0.05, 0) is 50.6 Å². The van der Waals surface area contributed by atoms with Gasteiger partial charge >= 0.3 is 0 Å². The quantitative estimate of drug-likeness (QED) is 0.854. The number of hydrogen-bond acceptors (Lipinski definition) is 2. The van der Waals surface area contributed by atoms with Gasteiger partial charge in [0.2, 0.25) is 0 Å². The third kappa shape index (κ3) is 4.08. The topological polar surface area (TPSA) is 21.3 Å². The summed E-state index contributed by atoms with van der Waals surface area (Å²) < 4.78 is 6.13. The van der Waals surface area contributed by atoms with Crippen LogP contribution in [0.2, 0.25) is 0 Å². The van der Waals surface area contributed by atoms with Gasteiger partial charge in [-0.1, -0.05) is 48.9 Å². The smallest absolute Gasteiger partial charge is 0.120 e. The van der Waals surface area contributed by atoms with E-state index in [1.54, 1.807) is 0 Å². The van der Waals surface area contributed by atoms with E-state index in [2.05, 4.69) is 68.6 Å². The first-order valence-electron chi connectivity index (χ1n) is 7.63. The Morgan fingerprint density at radius 3 is 2.43 bits per heavy atom. The molecule has 0 aliphatic heterocycles. The van der Waals surface area contributed by atoms with E-state index < -0.39 is 0 Å². The molecule has 0 radical (unpaired) electrons. The van der Waals surface area contributed by atoms with E-state index in [1.165, 1.54) is 16.7 Å². The first kappa shape index (κ1) is 15.6. The van der Waals surface area contributed by atoms with Crippen molar-refractivity contribution in [2.75, 3.05) is 7.05 Å². The number of aryl methyl sites for hydroxylation is 2. The number of hydrogen-bond donors (Lipinski definition) is 1. The molecule has 112 valence electrons. The summed E-state index contributed by atoms with van der Waals surface area (Å²) in [4.78, 5) is 0. The molecule has 2 aromatic rings. The maximum atomic E-state index is 6.13. The minimum absolute atomic E-state index is 0.0600. The van der Waals surface area contributed by atoms with Crippen LogP contribution in [0.15, 0.2) is 48.5 Å². The van der Waals surface area contributed by atoms with E-state index in [0.29, 0.717) is 0 Å². The molecule has 0 fully saturated rings. The lowest BCUT2D eigenvalue weighted by molar-refractivity contribution is 0.175. The second kappa shape index (κ2) is 7.28. The first-order valence-corrected chi connectivity index (χ1v) is 7.63. The van der Waals surface area contributed by atoms with E-state index in [1.807, 2.05) is 13.1 Å². The fraction of sp³-hybridized carbons (Fsp3) is 0.368.